The lowest BCUT2D eigenvalue weighted by Crippen LogP contribution is -1.81. The molecule has 2 aromatic carbocycles. The van der Waals surface area contributed by atoms with Gasteiger partial charge in [-0.25, -0.2) is 4.98 Å². The van der Waals surface area contributed by atoms with Crippen molar-refractivity contribution in [3.8, 4) is 11.4 Å². The maximum absolute atomic E-state index is 5.86. The van der Waals surface area contributed by atoms with E-state index in [1.165, 1.54) is 11.5 Å². The molecule has 2 aromatic heterocycles. The quantitative estimate of drug-likeness (QED) is 0.500. The van der Waals surface area contributed by atoms with Gasteiger partial charge in [-0.1, -0.05) is 30.3 Å². The molecular formula is C14H7BrN2OS. The van der Waals surface area contributed by atoms with Gasteiger partial charge in [-0.3, -0.25) is 0 Å². The fraction of sp³-hybridized carbons (Fsp3) is 0. The minimum absolute atomic E-state index is 0.731. The van der Waals surface area contributed by atoms with Crippen molar-refractivity contribution in [1.29, 1.82) is 0 Å². The fourth-order valence-electron chi connectivity index (χ4n) is 2.28. The fourth-order valence-corrected chi connectivity index (χ4v) is 3.09. The number of halogens is 1. The van der Waals surface area contributed by atoms with Crippen LogP contribution in [0, 0.1) is 0 Å². The maximum atomic E-state index is 5.86. The van der Waals surface area contributed by atoms with Gasteiger partial charge in [-0.2, -0.15) is 4.37 Å². The molecule has 0 amide bonds. The summed E-state index contributed by atoms with van der Waals surface area (Å²) in [5.41, 5.74) is 2.76. The highest BCUT2D eigenvalue weighted by Crippen LogP contribution is 2.35. The van der Waals surface area contributed by atoms with Crippen LogP contribution in [-0.2, 0) is 0 Å². The van der Waals surface area contributed by atoms with Crippen LogP contribution >= 0.6 is 27.5 Å². The second-order valence-corrected chi connectivity index (χ2v) is 6.18. The molecule has 0 atom stereocenters. The number of aromatic nitrogens is 2. The summed E-state index contributed by atoms with van der Waals surface area (Å²) in [7, 11) is 0. The first kappa shape index (κ1) is 11.1. The minimum atomic E-state index is 0.731. The van der Waals surface area contributed by atoms with Gasteiger partial charge >= 0.3 is 0 Å². The van der Waals surface area contributed by atoms with Gasteiger partial charge in [0.25, 0.3) is 0 Å². The van der Waals surface area contributed by atoms with E-state index in [0.717, 1.165) is 37.2 Å². The molecule has 0 saturated heterocycles. The standard InChI is InChI=1S/C14H7BrN2OS/c15-14-16-13(17-19-14)9-5-3-7-11-12(9)8-4-1-2-6-10(8)18-11/h1-7H. The Balaban J connectivity index is 2.16. The monoisotopic (exact) mass is 330 g/mol. The van der Waals surface area contributed by atoms with E-state index in [0.29, 0.717) is 0 Å². The molecule has 0 aliphatic carbocycles. The van der Waals surface area contributed by atoms with Crippen molar-refractivity contribution in [2.75, 3.05) is 0 Å². The normalized spacial score (nSPS) is 11.4. The Morgan fingerprint density at radius 3 is 2.68 bits per heavy atom. The SMILES string of the molecule is Brc1nc(-c2cccc3oc4ccccc4c23)ns1. The molecule has 4 rings (SSSR count). The summed E-state index contributed by atoms with van der Waals surface area (Å²) in [6, 6.07) is 14.0. The van der Waals surface area contributed by atoms with E-state index >= 15 is 0 Å². The van der Waals surface area contributed by atoms with E-state index < -0.39 is 0 Å². The van der Waals surface area contributed by atoms with Crippen molar-refractivity contribution in [2.45, 2.75) is 0 Å². The van der Waals surface area contributed by atoms with Crippen LogP contribution in [0.15, 0.2) is 50.8 Å². The van der Waals surface area contributed by atoms with Crippen molar-refractivity contribution in [3.05, 3.63) is 46.4 Å². The van der Waals surface area contributed by atoms with Gasteiger partial charge in [0.05, 0.1) is 0 Å². The van der Waals surface area contributed by atoms with E-state index in [-0.39, 0.29) is 0 Å². The molecule has 0 aliphatic heterocycles. The third-order valence-corrected chi connectivity index (χ3v) is 4.16. The lowest BCUT2D eigenvalue weighted by atomic mass is 10.1. The molecule has 92 valence electrons. The molecule has 0 saturated carbocycles. The number of furan rings is 1. The smallest absolute Gasteiger partial charge is 0.179 e. The van der Waals surface area contributed by atoms with Gasteiger partial charge in [0.15, 0.2) is 9.74 Å². The lowest BCUT2D eigenvalue weighted by Gasteiger charge is -1.97. The van der Waals surface area contributed by atoms with Gasteiger partial charge in [-0.05, 0) is 39.6 Å². The molecule has 5 heteroatoms. The number of hydrogen-bond acceptors (Lipinski definition) is 4. The predicted octanol–water partition coefficient (Wildman–Crippen LogP) is 4.87. The third kappa shape index (κ3) is 1.69. The van der Waals surface area contributed by atoms with E-state index in [1.807, 2.05) is 36.4 Å². The molecule has 0 unspecified atom stereocenters. The Morgan fingerprint density at radius 2 is 1.84 bits per heavy atom. The maximum Gasteiger partial charge on any atom is 0.179 e. The summed E-state index contributed by atoms with van der Waals surface area (Å²) in [6.45, 7) is 0. The molecule has 0 N–H and O–H groups in total. The minimum Gasteiger partial charge on any atom is -0.456 e. The second-order valence-electron chi connectivity index (χ2n) is 4.15. The largest absolute Gasteiger partial charge is 0.456 e. The van der Waals surface area contributed by atoms with Crippen molar-refractivity contribution < 1.29 is 4.42 Å². The average molecular weight is 331 g/mol. The molecule has 0 bridgehead atoms. The first-order valence-corrected chi connectivity index (χ1v) is 7.29. The molecule has 0 radical (unpaired) electrons. The highest BCUT2D eigenvalue weighted by molar-refractivity contribution is 9.11. The zero-order chi connectivity index (χ0) is 12.8. The predicted molar refractivity (Wildman–Crippen MR) is 80.3 cm³/mol. The van der Waals surface area contributed by atoms with Crippen molar-refractivity contribution in [2.24, 2.45) is 0 Å². The molecule has 19 heavy (non-hydrogen) atoms. The Labute approximate surface area is 121 Å². The Morgan fingerprint density at radius 1 is 1.00 bits per heavy atom. The van der Waals surface area contributed by atoms with Crippen LogP contribution in [0.25, 0.3) is 33.3 Å². The Bertz CT molecular complexity index is 897. The summed E-state index contributed by atoms with van der Waals surface area (Å²) in [6.07, 6.45) is 0. The van der Waals surface area contributed by atoms with Gasteiger partial charge in [0.2, 0.25) is 0 Å². The van der Waals surface area contributed by atoms with Crippen molar-refractivity contribution in [3.63, 3.8) is 0 Å². The summed E-state index contributed by atoms with van der Waals surface area (Å²) in [5.74, 6) is 0.731. The zero-order valence-corrected chi connectivity index (χ0v) is 12.0. The van der Waals surface area contributed by atoms with E-state index in [1.54, 1.807) is 0 Å². The summed E-state index contributed by atoms with van der Waals surface area (Å²) >= 11 is 4.70. The van der Waals surface area contributed by atoms with E-state index in [9.17, 15) is 0 Å². The second kappa shape index (κ2) is 4.15. The molecule has 0 spiro atoms. The number of rotatable bonds is 1. The molecule has 0 aliphatic rings. The Kier molecular flexibility index (Phi) is 2.43. The first-order valence-electron chi connectivity index (χ1n) is 5.73. The van der Waals surface area contributed by atoms with Crippen LogP contribution in [0.1, 0.15) is 0 Å². The van der Waals surface area contributed by atoms with Gasteiger partial charge in [-0.15, -0.1) is 0 Å². The third-order valence-electron chi connectivity index (χ3n) is 3.04. The first-order chi connectivity index (χ1) is 9.33. The number of benzene rings is 2. The molecule has 4 aromatic rings. The number of fused-ring (bicyclic) bond motifs is 3. The van der Waals surface area contributed by atoms with Crippen molar-refractivity contribution in [1.82, 2.24) is 9.36 Å². The van der Waals surface area contributed by atoms with Crippen LogP contribution in [0.2, 0.25) is 0 Å². The number of para-hydroxylation sites is 1. The zero-order valence-electron chi connectivity index (χ0n) is 9.63. The average Bonchev–Trinajstić information content (AvgIpc) is 3.01. The van der Waals surface area contributed by atoms with Crippen LogP contribution in [-0.4, -0.2) is 9.36 Å². The molecule has 0 fully saturated rings. The summed E-state index contributed by atoms with van der Waals surface area (Å²) < 4.78 is 11.0. The number of hydrogen-bond donors (Lipinski definition) is 0. The topological polar surface area (TPSA) is 38.9 Å². The van der Waals surface area contributed by atoms with E-state index in [2.05, 4.69) is 31.4 Å². The number of nitrogens with zero attached hydrogens (tertiary/aromatic N) is 2. The summed E-state index contributed by atoms with van der Waals surface area (Å²) in [5, 5.41) is 2.17. The molecule has 2 heterocycles. The highest BCUT2D eigenvalue weighted by Gasteiger charge is 2.14. The highest BCUT2D eigenvalue weighted by atomic mass is 79.9. The van der Waals surface area contributed by atoms with Gasteiger partial charge in [0.1, 0.15) is 11.2 Å². The Hall–Kier alpha value is -1.72. The van der Waals surface area contributed by atoms with Crippen LogP contribution in [0.4, 0.5) is 0 Å². The molecular weight excluding hydrogens is 324 g/mol. The van der Waals surface area contributed by atoms with Crippen LogP contribution in [0.3, 0.4) is 0 Å². The van der Waals surface area contributed by atoms with Crippen LogP contribution in [0.5, 0.6) is 0 Å². The van der Waals surface area contributed by atoms with Crippen molar-refractivity contribution >= 4 is 49.4 Å². The summed E-state index contributed by atoms with van der Waals surface area (Å²) in [4.78, 5) is 4.40. The molecule has 3 nitrogen and oxygen atoms in total. The van der Waals surface area contributed by atoms with E-state index in [4.69, 9.17) is 4.42 Å². The van der Waals surface area contributed by atoms with Gasteiger partial charge < -0.3 is 4.42 Å². The lowest BCUT2D eigenvalue weighted by molar-refractivity contribution is 0.669. The van der Waals surface area contributed by atoms with Crippen LogP contribution < -0.4 is 0 Å². The van der Waals surface area contributed by atoms with Gasteiger partial charge in [0, 0.05) is 16.3 Å².